The van der Waals surface area contributed by atoms with E-state index in [9.17, 15) is 8.42 Å². The first-order valence-electron chi connectivity index (χ1n) is 8.59. The fraction of sp³-hybridized carbons (Fsp3) is 0.300. The lowest BCUT2D eigenvalue weighted by Gasteiger charge is -2.19. The third-order valence-electron chi connectivity index (χ3n) is 4.50. The van der Waals surface area contributed by atoms with E-state index in [0.717, 1.165) is 27.6 Å². The molecule has 5 nitrogen and oxygen atoms in total. The standard InChI is InChI=1S/C20H24N2O3S/c1-15-6-5-7-16(12-15)18(14-22-26(23,24)11-10-25-2)19-13-21-20-9-4-3-8-17(19)20/h3-9,12-13,18,21-22H,10-11,14H2,1-2H3. The Bertz CT molecular complexity index is 979. The molecule has 6 heteroatoms. The predicted octanol–water partition coefficient (Wildman–Crippen LogP) is 3.17. The highest BCUT2D eigenvalue weighted by Crippen LogP contribution is 2.31. The van der Waals surface area contributed by atoms with Crippen molar-refractivity contribution in [2.75, 3.05) is 26.0 Å². The molecule has 3 aromatic rings. The summed E-state index contributed by atoms with van der Waals surface area (Å²) in [6.07, 6.45) is 1.97. The molecule has 0 saturated heterocycles. The smallest absolute Gasteiger partial charge is 0.213 e. The Kier molecular flexibility index (Phi) is 5.76. The Morgan fingerprint density at radius 3 is 2.73 bits per heavy atom. The van der Waals surface area contributed by atoms with Crippen LogP contribution in [0.25, 0.3) is 10.9 Å². The van der Waals surface area contributed by atoms with Gasteiger partial charge in [-0.25, -0.2) is 13.1 Å². The number of rotatable bonds is 8. The number of H-pyrrole nitrogens is 1. The fourth-order valence-electron chi connectivity index (χ4n) is 3.15. The molecule has 0 radical (unpaired) electrons. The SMILES string of the molecule is COCCS(=O)(=O)NCC(c1cccc(C)c1)c1c[nH]c2ccccc12. The van der Waals surface area contributed by atoms with E-state index in [-0.39, 0.29) is 18.3 Å². The second-order valence-electron chi connectivity index (χ2n) is 6.42. The summed E-state index contributed by atoms with van der Waals surface area (Å²) >= 11 is 0. The molecule has 0 bridgehead atoms. The minimum atomic E-state index is -3.39. The zero-order valence-electron chi connectivity index (χ0n) is 15.0. The lowest BCUT2D eigenvalue weighted by Crippen LogP contribution is -2.32. The number of hydrogen-bond acceptors (Lipinski definition) is 3. The number of benzene rings is 2. The van der Waals surface area contributed by atoms with Crippen LogP contribution in [0.15, 0.2) is 54.7 Å². The number of para-hydroxylation sites is 1. The summed E-state index contributed by atoms with van der Waals surface area (Å²) in [5.41, 5.74) is 4.36. The molecule has 26 heavy (non-hydrogen) atoms. The van der Waals surface area contributed by atoms with E-state index in [0.29, 0.717) is 6.54 Å². The van der Waals surface area contributed by atoms with Crippen molar-refractivity contribution in [3.8, 4) is 0 Å². The van der Waals surface area contributed by atoms with Crippen LogP contribution in [0, 0.1) is 6.92 Å². The minimum absolute atomic E-state index is 0.0437. The molecule has 0 saturated carbocycles. The lowest BCUT2D eigenvalue weighted by molar-refractivity contribution is 0.217. The van der Waals surface area contributed by atoms with Crippen molar-refractivity contribution in [1.29, 1.82) is 0 Å². The average molecular weight is 372 g/mol. The maximum absolute atomic E-state index is 12.2. The van der Waals surface area contributed by atoms with Crippen molar-refractivity contribution >= 4 is 20.9 Å². The summed E-state index contributed by atoms with van der Waals surface area (Å²) in [4.78, 5) is 3.29. The van der Waals surface area contributed by atoms with Crippen LogP contribution in [0.4, 0.5) is 0 Å². The minimum Gasteiger partial charge on any atom is -0.384 e. The number of methoxy groups -OCH3 is 1. The molecule has 0 aliphatic heterocycles. The second-order valence-corrected chi connectivity index (χ2v) is 8.34. The molecule has 138 valence electrons. The van der Waals surface area contributed by atoms with Crippen LogP contribution in [-0.2, 0) is 14.8 Å². The van der Waals surface area contributed by atoms with Crippen molar-refractivity contribution in [3.05, 3.63) is 71.4 Å². The van der Waals surface area contributed by atoms with Gasteiger partial charge in [0.15, 0.2) is 0 Å². The molecule has 3 rings (SSSR count). The van der Waals surface area contributed by atoms with Crippen molar-refractivity contribution < 1.29 is 13.2 Å². The van der Waals surface area contributed by atoms with Crippen molar-refractivity contribution in [2.45, 2.75) is 12.8 Å². The summed E-state index contributed by atoms with van der Waals surface area (Å²) in [6.45, 7) is 2.52. The van der Waals surface area contributed by atoms with Crippen LogP contribution in [0.1, 0.15) is 22.6 Å². The number of aryl methyl sites for hydroxylation is 1. The first kappa shape index (κ1) is 18.6. The van der Waals surface area contributed by atoms with Crippen LogP contribution in [-0.4, -0.2) is 39.4 Å². The molecule has 2 N–H and O–H groups in total. The lowest BCUT2D eigenvalue weighted by atomic mass is 9.90. The zero-order valence-corrected chi connectivity index (χ0v) is 15.8. The van der Waals surface area contributed by atoms with Gasteiger partial charge in [0, 0.05) is 36.7 Å². The number of fused-ring (bicyclic) bond motifs is 1. The molecule has 1 heterocycles. The number of sulfonamides is 1. The number of aromatic amines is 1. The highest BCUT2D eigenvalue weighted by atomic mass is 32.2. The number of aromatic nitrogens is 1. The van der Waals surface area contributed by atoms with Gasteiger partial charge in [-0.05, 0) is 24.1 Å². The summed E-state index contributed by atoms with van der Waals surface area (Å²) in [7, 11) is -1.89. The maximum atomic E-state index is 12.2. The molecule has 1 unspecified atom stereocenters. The Balaban J connectivity index is 1.95. The topological polar surface area (TPSA) is 71.2 Å². The largest absolute Gasteiger partial charge is 0.384 e. The monoisotopic (exact) mass is 372 g/mol. The third-order valence-corrected chi connectivity index (χ3v) is 5.82. The zero-order chi connectivity index (χ0) is 18.6. The third kappa shape index (κ3) is 4.33. The summed E-state index contributed by atoms with van der Waals surface area (Å²) in [6, 6.07) is 16.3. The van der Waals surface area contributed by atoms with Gasteiger partial charge in [-0.2, -0.15) is 0 Å². The molecule has 0 fully saturated rings. The van der Waals surface area contributed by atoms with Crippen LogP contribution < -0.4 is 4.72 Å². The van der Waals surface area contributed by atoms with Crippen LogP contribution >= 0.6 is 0 Å². The van der Waals surface area contributed by atoms with Crippen molar-refractivity contribution in [2.24, 2.45) is 0 Å². The molecule has 0 aliphatic rings. The Labute approximate surface area is 154 Å². The maximum Gasteiger partial charge on any atom is 0.213 e. The molecule has 1 aromatic heterocycles. The van der Waals surface area contributed by atoms with E-state index in [1.807, 2.05) is 49.5 Å². The van der Waals surface area contributed by atoms with E-state index < -0.39 is 10.0 Å². The first-order valence-corrected chi connectivity index (χ1v) is 10.2. The van der Waals surface area contributed by atoms with E-state index >= 15 is 0 Å². The second kappa shape index (κ2) is 8.03. The van der Waals surface area contributed by atoms with Gasteiger partial charge in [0.05, 0.1) is 12.4 Å². The van der Waals surface area contributed by atoms with E-state index in [2.05, 4.69) is 21.8 Å². The molecule has 0 spiro atoms. The van der Waals surface area contributed by atoms with Gasteiger partial charge in [-0.1, -0.05) is 48.0 Å². The highest BCUT2D eigenvalue weighted by molar-refractivity contribution is 7.89. The molecular formula is C20H24N2O3S. The molecule has 1 atom stereocenters. The van der Waals surface area contributed by atoms with Crippen molar-refractivity contribution in [1.82, 2.24) is 9.71 Å². The van der Waals surface area contributed by atoms with Gasteiger partial charge in [-0.15, -0.1) is 0 Å². The molecule has 0 aliphatic carbocycles. The highest BCUT2D eigenvalue weighted by Gasteiger charge is 2.21. The van der Waals surface area contributed by atoms with E-state index in [1.54, 1.807) is 0 Å². The summed E-state index contributed by atoms with van der Waals surface area (Å²) < 4.78 is 32.1. The van der Waals surface area contributed by atoms with Gasteiger partial charge in [0.25, 0.3) is 0 Å². The van der Waals surface area contributed by atoms with Crippen LogP contribution in [0.2, 0.25) is 0 Å². The van der Waals surface area contributed by atoms with E-state index in [4.69, 9.17) is 4.74 Å². The normalized spacial score (nSPS) is 13.2. The van der Waals surface area contributed by atoms with E-state index in [1.165, 1.54) is 7.11 Å². The Hall–Kier alpha value is -2.15. The van der Waals surface area contributed by atoms with Gasteiger partial charge in [0.1, 0.15) is 0 Å². The molecular weight excluding hydrogens is 348 g/mol. The summed E-state index contributed by atoms with van der Waals surface area (Å²) in [5.74, 6) is -0.124. The Morgan fingerprint density at radius 2 is 1.96 bits per heavy atom. The summed E-state index contributed by atoms with van der Waals surface area (Å²) in [5, 5.41) is 1.11. The fourth-order valence-corrected chi connectivity index (χ4v) is 4.10. The quantitative estimate of drug-likeness (QED) is 0.638. The number of ether oxygens (including phenoxy) is 1. The van der Waals surface area contributed by atoms with Gasteiger partial charge in [0.2, 0.25) is 10.0 Å². The van der Waals surface area contributed by atoms with Gasteiger partial charge < -0.3 is 9.72 Å². The first-order chi connectivity index (χ1) is 12.5. The van der Waals surface area contributed by atoms with Crippen molar-refractivity contribution in [3.63, 3.8) is 0 Å². The molecule has 2 aromatic carbocycles. The average Bonchev–Trinajstić information content (AvgIpc) is 3.04. The Morgan fingerprint density at radius 1 is 1.15 bits per heavy atom. The number of nitrogens with one attached hydrogen (secondary N) is 2. The van der Waals surface area contributed by atoms with Gasteiger partial charge in [-0.3, -0.25) is 0 Å². The number of hydrogen-bond donors (Lipinski definition) is 2. The predicted molar refractivity (Wildman–Crippen MR) is 105 cm³/mol. The van der Waals surface area contributed by atoms with Crippen LogP contribution in [0.3, 0.4) is 0 Å². The van der Waals surface area contributed by atoms with Gasteiger partial charge >= 0.3 is 0 Å². The van der Waals surface area contributed by atoms with Crippen LogP contribution in [0.5, 0.6) is 0 Å². The molecule has 0 amide bonds.